The maximum atomic E-state index is 12.3. The molecule has 0 aromatic carbocycles. The summed E-state index contributed by atoms with van der Waals surface area (Å²) in [7, 11) is 0. The third-order valence-corrected chi connectivity index (χ3v) is 5.57. The molecule has 1 fully saturated rings. The summed E-state index contributed by atoms with van der Waals surface area (Å²) in [5.74, 6) is 0. The number of carbonyl (C=O) groups is 1. The SMILES string of the molecule is Cc1csc(N2CCN(C(=O)NCCC3=CCCCC3)CC2)n1. The fraction of sp³-hybridized carbons (Fsp3) is 0.647. The highest BCUT2D eigenvalue weighted by Crippen LogP contribution is 2.21. The van der Waals surface area contributed by atoms with Crippen molar-refractivity contribution in [1.29, 1.82) is 0 Å². The molecule has 0 saturated carbocycles. The average molecular weight is 334 g/mol. The highest BCUT2D eigenvalue weighted by molar-refractivity contribution is 7.13. The Balaban J connectivity index is 1.38. The molecular formula is C17H26N4OS. The van der Waals surface area contributed by atoms with Crippen LogP contribution in [0, 0.1) is 6.92 Å². The van der Waals surface area contributed by atoms with Gasteiger partial charge in [-0.3, -0.25) is 0 Å². The Morgan fingerprint density at radius 3 is 2.78 bits per heavy atom. The number of hydrogen-bond acceptors (Lipinski definition) is 4. The van der Waals surface area contributed by atoms with Gasteiger partial charge in [-0.05, 0) is 39.0 Å². The first-order valence-electron chi connectivity index (χ1n) is 8.60. The number of carbonyl (C=O) groups excluding carboxylic acids is 1. The van der Waals surface area contributed by atoms with Crippen LogP contribution in [0.25, 0.3) is 0 Å². The molecule has 6 heteroatoms. The van der Waals surface area contributed by atoms with Crippen LogP contribution in [-0.2, 0) is 0 Å². The lowest BCUT2D eigenvalue weighted by Gasteiger charge is -2.34. The monoisotopic (exact) mass is 334 g/mol. The predicted molar refractivity (Wildman–Crippen MR) is 95.2 cm³/mol. The number of aromatic nitrogens is 1. The number of urea groups is 1. The van der Waals surface area contributed by atoms with E-state index in [0.29, 0.717) is 0 Å². The Morgan fingerprint density at radius 1 is 1.30 bits per heavy atom. The summed E-state index contributed by atoms with van der Waals surface area (Å²) in [6.45, 7) is 6.05. The van der Waals surface area contributed by atoms with E-state index < -0.39 is 0 Å². The first-order chi connectivity index (χ1) is 11.2. The Morgan fingerprint density at radius 2 is 2.13 bits per heavy atom. The van der Waals surface area contributed by atoms with Gasteiger partial charge < -0.3 is 15.1 Å². The first-order valence-corrected chi connectivity index (χ1v) is 9.48. The van der Waals surface area contributed by atoms with Crippen molar-refractivity contribution >= 4 is 22.5 Å². The van der Waals surface area contributed by atoms with E-state index in [1.807, 2.05) is 11.8 Å². The Labute approximate surface area is 142 Å². The molecule has 0 spiro atoms. The van der Waals surface area contributed by atoms with Crippen molar-refractivity contribution in [2.75, 3.05) is 37.6 Å². The zero-order valence-electron chi connectivity index (χ0n) is 13.9. The molecule has 1 aromatic heterocycles. The van der Waals surface area contributed by atoms with E-state index in [4.69, 9.17) is 0 Å². The van der Waals surface area contributed by atoms with Gasteiger partial charge in [-0.2, -0.15) is 0 Å². The summed E-state index contributed by atoms with van der Waals surface area (Å²) >= 11 is 1.68. The molecule has 1 aliphatic heterocycles. The molecule has 23 heavy (non-hydrogen) atoms. The van der Waals surface area contributed by atoms with E-state index in [1.54, 1.807) is 11.3 Å². The van der Waals surface area contributed by atoms with Gasteiger partial charge in [-0.25, -0.2) is 9.78 Å². The van der Waals surface area contributed by atoms with Crippen LogP contribution >= 0.6 is 11.3 Å². The van der Waals surface area contributed by atoms with Crippen molar-refractivity contribution in [2.45, 2.75) is 39.0 Å². The van der Waals surface area contributed by atoms with Crippen molar-refractivity contribution in [3.8, 4) is 0 Å². The smallest absolute Gasteiger partial charge is 0.317 e. The number of thiazole rings is 1. The lowest BCUT2D eigenvalue weighted by Crippen LogP contribution is -2.52. The van der Waals surface area contributed by atoms with Gasteiger partial charge in [0.05, 0.1) is 5.69 Å². The second kappa shape index (κ2) is 7.81. The maximum Gasteiger partial charge on any atom is 0.317 e. The van der Waals surface area contributed by atoms with Crippen molar-refractivity contribution in [1.82, 2.24) is 15.2 Å². The number of rotatable bonds is 4. The molecular weight excluding hydrogens is 308 g/mol. The minimum Gasteiger partial charge on any atom is -0.345 e. The van der Waals surface area contributed by atoms with Gasteiger partial charge in [0.15, 0.2) is 5.13 Å². The van der Waals surface area contributed by atoms with Crippen LogP contribution in [0.4, 0.5) is 9.93 Å². The number of piperazine rings is 1. The highest BCUT2D eigenvalue weighted by atomic mass is 32.1. The van der Waals surface area contributed by atoms with Gasteiger partial charge in [0.2, 0.25) is 0 Å². The second-order valence-electron chi connectivity index (χ2n) is 6.34. The number of allylic oxidation sites excluding steroid dienone is 1. The molecule has 2 heterocycles. The molecule has 2 amide bonds. The predicted octanol–water partition coefficient (Wildman–Crippen LogP) is 3.17. The van der Waals surface area contributed by atoms with Crippen LogP contribution in [-0.4, -0.2) is 48.6 Å². The number of hydrogen-bond donors (Lipinski definition) is 1. The largest absolute Gasteiger partial charge is 0.345 e. The molecule has 1 saturated heterocycles. The van der Waals surface area contributed by atoms with Gasteiger partial charge in [-0.15, -0.1) is 11.3 Å². The zero-order valence-corrected chi connectivity index (χ0v) is 14.7. The van der Waals surface area contributed by atoms with Crippen LogP contribution < -0.4 is 10.2 Å². The van der Waals surface area contributed by atoms with E-state index in [9.17, 15) is 4.79 Å². The summed E-state index contributed by atoms with van der Waals surface area (Å²) in [6, 6.07) is 0.0800. The van der Waals surface area contributed by atoms with E-state index in [0.717, 1.165) is 50.0 Å². The molecule has 126 valence electrons. The molecule has 3 rings (SSSR count). The van der Waals surface area contributed by atoms with Gasteiger partial charge in [0, 0.05) is 38.1 Å². The van der Waals surface area contributed by atoms with Crippen molar-refractivity contribution < 1.29 is 4.79 Å². The number of nitrogens with zero attached hydrogens (tertiary/aromatic N) is 3. The Bertz CT molecular complexity index is 561. The summed E-state index contributed by atoms with van der Waals surface area (Å²) < 4.78 is 0. The van der Waals surface area contributed by atoms with Crippen molar-refractivity contribution in [2.24, 2.45) is 0 Å². The molecule has 0 radical (unpaired) electrons. The molecule has 1 aromatic rings. The summed E-state index contributed by atoms with van der Waals surface area (Å²) in [6.07, 6.45) is 8.40. The van der Waals surface area contributed by atoms with Gasteiger partial charge in [-0.1, -0.05) is 11.6 Å². The standard InChI is InChI=1S/C17H26N4OS/c1-14-13-23-17(19-14)21-11-9-20(10-12-21)16(22)18-8-7-15-5-3-2-4-6-15/h5,13H,2-4,6-12H2,1H3,(H,18,22). The second-order valence-corrected chi connectivity index (χ2v) is 7.17. The molecule has 1 aliphatic carbocycles. The molecule has 0 unspecified atom stereocenters. The van der Waals surface area contributed by atoms with Crippen LogP contribution in [0.15, 0.2) is 17.0 Å². The summed E-state index contributed by atoms with van der Waals surface area (Å²) in [5.41, 5.74) is 2.59. The third-order valence-electron chi connectivity index (χ3n) is 4.55. The molecule has 1 N–H and O–H groups in total. The lowest BCUT2D eigenvalue weighted by atomic mass is 9.97. The number of amides is 2. The zero-order chi connectivity index (χ0) is 16.1. The van der Waals surface area contributed by atoms with Crippen LogP contribution in [0.1, 0.15) is 37.8 Å². The number of anilines is 1. The third kappa shape index (κ3) is 4.47. The maximum absolute atomic E-state index is 12.3. The Hall–Kier alpha value is -1.56. The van der Waals surface area contributed by atoms with E-state index in [1.165, 1.54) is 31.3 Å². The molecule has 2 aliphatic rings. The van der Waals surface area contributed by atoms with Crippen LogP contribution in [0.5, 0.6) is 0 Å². The Kier molecular flexibility index (Phi) is 5.54. The first kappa shape index (κ1) is 16.3. The van der Waals surface area contributed by atoms with E-state index in [-0.39, 0.29) is 6.03 Å². The van der Waals surface area contributed by atoms with Crippen molar-refractivity contribution in [3.05, 3.63) is 22.7 Å². The van der Waals surface area contributed by atoms with Gasteiger partial charge in [0.25, 0.3) is 0 Å². The highest BCUT2D eigenvalue weighted by Gasteiger charge is 2.22. The molecule has 5 nitrogen and oxygen atoms in total. The number of nitrogens with one attached hydrogen (secondary N) is 1. The quantitative estimate of drug-likeness (QED) is 0.861. The van der Waals surface area contributed by atoms with Crippen LogP contribution in [0.2, 0.25) is 0 Å². The molecule has 0 atom stereocenters. The fourth-order valence-corrected chi connectivity index (χ4v) is 4.02. The van der Waals surface area contributed by atoms with Gasteiger partial charge in [0.1, 0.15) is 0 Å². The van der Waals surface area contributed by atoms with Crippen molar-refractivity contribution in [3.63, 3.8) is 0 Å². The van der Waals surface area contributed by atoms with Gasteiger partial charge >= 0.3 is 6.03 Å². The topological polar surface area (TPSA) is 48.5 Å². The van der Waals surface area contributed by atoms with E-state index in [2.05, 4.69) is 26.7 Å². The normalized spacial score (nSPS) is 18.7. The number of aryl methyl sites for hydroxylation is 1. The molecule has 0 bridgehead atoms. The van der Waals surface area contributed by atoms with E-state index >= 15 is 0 Å². The fourth-order valence-electron chi connectivity index (χ4n) is 3.16. The lowest BCUT2D eigenvalue weighted by molar-refractivity contribution is 0.194. The minimum absolute atomic E-state index is 0.0800. The van der Waals surface area contributed by atoms with Crippen LogP contribution in [0.3, 0.4) is 0 Å². The minimum atomic E-state index is 0.0800. The summed E-state index contributed by atoms with van der Waals surface area (Å²) in [4.78, 5) is 21.0. The summed E-state index contributed by atoms with van der Waals surface area (Å²) in [5, 5.41) is 6.23. The average Bonchev–Trinajstić information content (AvgIpc) is 3.02.